The number of aromatic nitrogens is 4. The maximum atomic E-state index is 13.5. The predicted octanol–water partition coefficient (Wildman–Crippen LogP) is 4.92. The average molecular weight is 648 g/mol. The van der Waals surface area contributed by atoms with Gasteiger partial charge in [-0.1, -0.05) is 36.4 Å². The molecule has 0 aliphatic carbocycles. The number of hydrogen-bond acceptors (Lipinski definition) is 10. The number of anilines is 5. The Balaban J connectivity index is 1.38. The Morgan fingerprint density at radius 3 is 2.52 bits per heavy atom. The normalized spacial score (nSPS) is 13.2. The quantitative estimate of drug-likeness (QED) is 0.146. The van der Waals surface area contributed by atoms with Gasteiger partial charge in [0.25, 0.3) is 5.91 Å². The van der Waals surface area contributed by atoms with Crippen LogP contribution in [0, 0.1) is 0 Å². The number of rotatable bonds is 11. The van der Waals surface area contributed by atoms with Crippen LogP contribution < -0.4 is 25.6 Å². The summed E-state index contributed by atoms with van der Waals surface area (Å²) in [5.41, 5.74) is 4.47. The van der Waals surface area contributed by atoms with E-state index in [1.54, 1.807) is 37.5 Å². The van der Waals surface area contributed by atoms with Crippen LogP contribution in [0.5, 0.6) is 5.75 Å². The van der Waals surface area contributed by atoms with E-state index in [0.29, 0.717) is 53.4 Å². The Hall–Kier alpha value is -5.79. The standard InChI is InChI=1S/C35H37N9O4/c1-43(2)16-8-13-29(45)36-25-12-7-9-23(21-25)31-30-32(34(46)37-24-10-5-4-6-11-24)41-42-33(30)40-35(39-31)38-26-14-15-28(47-3)27(22-26)44-17-19-48-20-18-44/h4-15,21-22H,16-20H2,1-3H3,(H,36,45)(H,37,46)(H2,38,39,40,41,42)/b13-8+. The van der Waals surface area contributed by atoms with E-state index in [0.717, 1.165) is 30.2 Å². The number of likely N-dealkylation sites (N-methyl/N-ethyl adjacent to an activating group) is 1. The van der Waals surface area contributed by atoms with Gasteiger partial charge in [-0.15, -0.1) is 0 Å². The van der Waals surface area contributed by atoms with Gasteiger partial charge in [0.2, 0.25) is 11.9 Å². The van der Waals surface area contributed by atoms with Crippen molar-refractivity contribution in [2.24, 2.45) is 0 Å². The molecule has 6 rings (SSSR count). The molecule has 0 atom stereocenters. The summed E-state index contributed by atoms with van der Waals surface area (Å²) in [5.74, 6) is 0.359. The third kappa shape index (κ3) is 7.60. The summed E-state index contributed by atoms with van der Waals surface area (Å²) in [6.07, 6.45) is 3.29. The zero-order chi connectivity index (χ0) is 33.5. The number of carbonyl (C=O) groups is 2. The summed E-state index contributed by atoms with van der Waals surface area (Å²) in [6, 6.07) is 22.2. The van der Waals surface area contributed by atoms with Gasteiger partial charge in [0, 0.05) is 48.3 Å². The number of methoxy groups -OCH3 is 1. The fourth-order valence-corrected chi connectivity index (χ4v) is 5.32. The Kier molecular flexibility index (Phi) is 9.88. The minimum Gasteiger partial charge on any atom is -0.495 e. The molecule has 2 amide bonds. The van der Waals surface area contributed by atoms with Gasteiger partial charge in [0.05, 0.1) is 37.1 Å². The van der Waals surface area contributed by atoms with Crippen LogP contribution in [0.25, 0.3) is 22.3 Å². The van der Waals surface area contributed by atoms with Crippen LogP contribution in [-0.4, -0.2) is 90.9 Å². The number of ether oxygens (including phenoxy) is 2. The molecule has 1 aliphatic heterocycles. The summed E-state index contributed by atoms with van der Waals surface area (Å²) < 4.78 is 11.2. The van der Waals surface area contributed by atoms with E-state index in [9.17, 15) is 9.59 Å². The van der Waals surface area contributed by atoms with Crippen molar-refractivity contribution < 1.29 is 19.1 Å². The van der Waals surface area contributed by atoms with Crippen molar-refractivity contribution in [3.8, 4) is 17.0 Å². The summed E-state index contributed by atoms with van der Waals surface area (Å²) in [6.45, 7) is 3.39. The Labute approximate surface area is 278 Å². The number of carbonyl (C=O) groups excluding carboxylic acids is 2. The van der Waals surface area contributed by atoms with E-state index in [-0.39, 0.29) is 17.5 Å². The van der Waals surface area contributed by atoms with E-state index >= 15 is 0 Å². The number of nitrogens with one attached hydrogen (secondary N) is 4. The number of nitrogens with zero attached hydrogens (tertiary/aromatic N) is 5. The molecule has 4 N–H and O–H groups in total. The topological polar surface area (TPSA) is 150 Å². The van der Waals surface area contributed by atoms with Crippen molar-refractivity contribution in [2.75, 3.05) is 74.9 Å². The molecular weight excluding hydrogens is 610 g/mol. The second-order valence-electron chi connectivity index (χ2n) is 11.4. The number of H-pyrrole nitrogens is 1. The van der Waals surface area contributed by atoms with Crippen molar-refractivity contribution in [3.63, 3.8) is 0 Å². The molecule has 13 nitrogen and oxygen atoms in total. The highest BCUT2D eigenvalue weighted by molar-refractivity contribution is 6.14. The third-order valence-electron chi connectivity index (χ3n) is 7.60. The maximum absolute atomic E-state index is 13.5. The second kappa shape index (κ2) is 14.8. The van der Waals surface area contributed by atoms with E-state index in [2.05, 4.69) is 31.0 Å². The lowest BCUT2D eigenvalue weighted by Gasteiger charge is -2.30. The Morgan fingerprint density at radius 2 is 1.75 bits per heavy atom. The number of morpholine rings is 1. The monoisotopic (exact) mass is 647 g/mol. The minimum absolute atomic E-state index is 0.135. The zero-order valence-electron chi connectivity index (χ0n) is 27.0. The van der Waals surface area contributed by atoms with E-state index in [4.69, 9.17) is 19.4 Å². The van der Waals surface area contributed by atoms with Crippen LogP contribution in [0.1, 0.15) is 10.5 Å². The van der Waals surface area contributed by atoms with Crippen molar-refractivity contribution in [1.29, 1.82) is 0 Å². The van der Waals surface area contributed by atoms with Crippen LogP contribution in [0.2, 0.25) is 0 Å². The highest BCUT2D eigenvalue weighted by Crippen LogP contribution is 2.35. The van der Waals surface area contributed by atoms with Gasteiger partial charge >= 0.3 is 0 Å². The Bertz CT molecular complexity index is 1940. The lowest BCUT2D eigenvalue weighted by atomic mass is 10.1. The average Bonchev–Trinajstić information content (AvgIpc) is 3.53. The van der Waals surface area contributed by atoms with Crippen molar-refractivity contribution in [3.05, 3.63) is 90.6 Å². The van der Waals surface area contributed by atoms with Gasteiger partial charge in [0.1, 0.15) is 5.75 Å². The van der Waals surface area contributed by atoms with Gasteiger partial charge < -0.3 is 35.2 Å². The number of fused-ring (bicyclic) bond motifs is 1. The molecular formula is C35H37N9O4. The smallest absolute Gasteiger partial charge is 0.276 e. The third-order valence-corrected chi connectivity index (χ3v) is 7.60. The van der Waals surface area contributed by atoms with Crippen LogP contribution in [0.15, 0.2) is 84.9 Å². The molecule has 1 saturated heterocycles. The molecule has 246 valence electrons. The number of aromatic amines is 1. The minimum atomic E-state index is -0.418. The fourth-order valence-electron chi connectivity index (χ4n) is 5.32. The predicted molar refractivity (Wildman–Crippen MR) is 187 cm³/mol. The molecule has 3 aromatic carbocycles. The second-order valence-corrected chi connectivity index (χ2v) is 11.4. The van der Waals surface area contributed by atoms with Gasteiger partial charge in [0.15, 0.2) is 11.3 Å². The van der Waals surface area contributed by atoms with Gasteiger partial charge in [-0.05, 0) is 56.6 Å². The number of para-hydroxylation sites is 1. The van der Waals surface area contributed by atoms with Crippen LogP contribution >= 0.6 is 0 Å². The highest BCUT2D eigenvalue weighted by atomic mass is 16.5. The van der Waals surface area contributed by atoms with Crippen molar-refractivity contribution >= 4 is 51.5 Å². The van der Waals surface area contributed by atoms with E-state index in [1.807, 2.05) is 67.5 Å². The number of hydrogen-bond donors (Lipinski definition) is 4. The molecule has 0 saturated carbocycles. The largest absolute Gasteiger partial charge is 0.495 e. The first kappa shape index (κ1) is 32.2. The van der Waals surface area contributed by atoms with Gasteiger partial charge in [-0.2, -0.15) is 10.1 Å². The van der Waals surface area contributed by atoms with E-state index in [1.165, 1.54) is 6.08 Å². The summed E-state index contributed by atoms with van der Waals surface area (Å²) in [5, 5.41) is 16.9. The first-order chi connectivity index (χ1) is 23.4. The molecule has 1 fully saturated rings. The first-order valence-corrected chi connectivity index (χ1v) is 15.5. The maximum Gasteiger partial charge on any atom is 0.276 e. The lowest BCUT2D eigenvalue weighted by Crippen LogP contribution is -2.36. The number of benzene rings is 3. The lowest BCUT2D eigenvalue weighted by molar-refractivity contribution is -0.111. The van der Waals surface area contributed by atoms with Crippen molar-refractivity contribution in [1.82, 2.24) is 25.1 Å². The molecule has 0 unspecified atom stereocenters. The fraction of sp³-hybridized carbons (Fsp3) is 0.229. The van der Waals surface area contributed by atoms with E-state index < -0.39 is 5.91 Å². The van der Waals surface area contributed by atoms with Crippen LogP contribution in [-0.2, 0) is 9.53 Å². The summed E-state index contributed by atoms with van der Waals surface area (Å²) >= 11 is 0. The molecule has 48 heavy (non-hydrogen) atoms. The molecule has 3 heterocycles. The molecule has 0 radical (unpaired) electrons. The highest BCUT2D eigenvalue weighted by Gasteiger charge is 2.23. The summed E-state index contributed by atoms with van der Waals surface area (Å²) in [7, 11) is 5.51. The number of amides is 2. The summed E-state index contributed by atoms with van der Waals surface area (Å²) in [4.78, 5) is 39.9. The molecule has 0 bridgehead atoms. The molecule has 2 aromatic heterocycles. The van der Waals surface area contributed by atoms with Crippen LogP contribution in [0.3, 0.4) is 0 Å². The molecule has 13 heteroatoms. The molecule has 0 spiro atoms. The zero-order valence-corrected chi connectivity index (χ0v) is 27.0. The Morgan fingerprint density at radius 1 is 0.958 bits per heavy atom. The first-order valence-electron chi connectivity index (χ1n) is 15.5. The van der Waals surface area contributed by atoms with Crippen LogP contribution in [0.4, 0.5) is 28.7 Å². The SMILES string of the molecule is COc1ccc(Nc2nc(-c3cccc(NC(=O)/C=C/CN(C)C)c3)c3c(C(=O)Nc4ccccc4)n[nH]c3n2)cc1N1CCOCC1. The molecule has 1 aliphatic rings. The van der Waals surface area contributed by atoms with Gasteiger partial charge in [-0.3, -0.25) is 14.7 Å². The van der Waals surface area contributed by atoms with Crippen molar-refractivity contribution in [2.45, 2.75) is 0 Å². The molecule has 5 aromatic rings. The van der Waals surface area contributed by atoms with Gasteiger partial charge in [-0.25, -0.2) is 4.98 Å².